The molecule has 1 amide bonds. The summed E-state index contributed by atoms with van der Waals surface area (Å²) in [6.07, 6.45) is 2.10. The molecule has 2 aromatic carbocycles. The molecule has 4 nitrogen and oxygen atoms in total. The van der Waals surface area contributed by atoms with Gasteiger partial charge < -0.3 is 14.4 Å². The molecule has 0 N–H and O–H groups in total. The molecule has 138 valence electrons. The van der Waals surface area contributed by atoms with Gasteiger partial charge in [0.1, 0.15) is 5.75 Å². The van der Waals surface area contributed by atoms with Crippen molar-refractivity contribution >= 4 is 29.1 Å². The molecule has 1 fully saturated rings. The summed E-state index contributed by atoms with van der Waals surface area (Å²) in [7, 11) is 0. The number of nitrogens with zero attached hydrogens (tertiary/aromatic N) is 1. The van der Waals surface area contributed by atoms with E-state index < -0.39 is 0 Å². The van der Waals surface area contributed by atoms with Crippen molar-refractivity contribution in [3.63, 3.8) is 0 Å². The van der Waals surface area contributed by atoms with E-state index in [0.717, 1.165) is 25.0 Å². The first-order valence-corrected chi connectivity index (χ1v) is 9.38. The van der Waals surface area contributed by atoms with Gasteiger partial charge in [0, 0.05) is 29.7 Å². The number of rotatable bonds is 7. The van der Waals surface area contributed by atoms with Gasteiger partial charge in [-0.25, -0.2) is 0 Å². The topological polar surface area (TPSA) is 38.8 Å². The summed E-state index contributed by atoms with van der Waals surface area (Å²) in [5.41, 5.74) is 1.02. The maximum atomic E-state index is 12.7. The van der Waals surface area contributed by atoms with Crippen molar-refractivity contribution in [3.8, 4) is 5.75 Å². The van der Waals surface area contributed by atoms with Crippen LogP contribution >= 0.6 is 23.2 Å². The van der Waals surface area contributed by atoms with Crippen LogP contribution in [0.3, 0.4) is 0 Å². The van der Waals surface area contributed by atoms with Crippen molar-refractivity contribution in [1.29, 1.82) is 0 Å². The molecule has 0 aromatic heterocycles. The average Bonchev–Trinajstić information content (AvgIpc) is 3.15. The first-order valence-electron chi connectivity index (χ1n) is 8.62. The summed E-state index contributed by atoms with van der Waals surface area (Å²) in [5.74, 6) is 0.539. The van der Waals surface area contributed by atoms with Crippen LogP contribution in [0.25, 0.3) is 0 Å². The molecule has 1 heterocycles. The number of carbonyl (C=O) groups excluding carboxylic acids is 1. The highest BCUT2D eigenvalue weighted by atomic mass is 35.5. The standard InChI is InChI=1S/C20H21Cl2NO3/c21-16-5-3-15(4-6-16)12-23(13-19-2-1-11-25-19)20(24)14-26-18-9-7-17(22)8-10-18/h3-10,19H,1-2,11-14H2/t19-/m1/s1. The third kappa shape index (κ3) is 5.63. The summed E-state index contributed by atoms with van der Waals surface area (Å²) in [4.78, 5) is 14.5. The monoisotopic (exact) mass is 393 g/mol. The quantitative estimate of drug-likeness (QED) is 0.690. The molecule has 0 radical (unpaired) electrons. The predicted molar refractivity (Wildman–Crippen MR) is 103 cm³/mol. The number of amides is 1. The molecule has 0 bridgehead atoms. The van der Waals surface area contributed by atoms with E-state index in [1.54, 1.807) is 29.2 Å². The molecule has 26 heavy (non-hydrogen) atoms. The van der Waals surface area contributed by atoms with Gasteiger partial charge in [-0.15, -0.1) is 0 Å². The number of hydrogen-bond donors (Lipinski definition) is 0. The molecule has 1 saturated heterocycles. The van der Waals surface area contributed by atoms with Gasteiger partial charge in [0.15, 0.2) is 6.61 Å². The van der Waals surface area contributed by atoms with Crippen molar-refractivity contribution in [1.82, 2.24) is 4.90 Å². The number of benzene rings is 2. The second kappa shape index (κ2) is 9.26. The molecule has 6 heteroatoms. The van der Waals surface area contributed by atoms with E-state index in [2.05, 4.69) is 0 Å². The zero-order chi connectivity index (χ0) is 18.4. The fourth-order valence-corrected chi connectivity index (χ4v) is 3.12. The van der Waals surface area contributed by atoms with Crippen LogP contribution in [0.1, 0.15) is 18.4 Å². The molecule has 1 atom stereocenters. The van der Waals surface area contributed by atoms with Crippen molar-refractivity contribution in [2.75, 3.05) is 19.8 Å². The zero-order valence-corrected chi connectivity index (χ0v) is 15.9. The maximum Gasteiger partial charge on any atom is 0.260 e. The summed E-state index contributed by atoms with van der Waals surface area (Å²) < 4.78 is 11.3. The molecule has 1 aliphatic rings. The lowest BCUT2D eigenvalue weighted by Gasteiger charge is -2.25. The van der Waals surface area contributed by atoms with Crippen LogP contribution in [0.5, 0.6) is 5.75 Å². The number of carbonyl (C=O) groups is 1. The molecule has 0 spiro atoms. The van der Waals surface area contributed by atoms with Crippen LogP contribution in [-0.4, -0.2) is 36.7 Å². The minimum atomic E-state index is -0.0783. The van der Waals surface area contributed by atoms with Crippen molar-refractivity contribution in [3.05, 3.63) is 64.1 Å². The van der Waals surface area contributed by atoms with Gasteiger partial charge in [-0.1, -0.05) is 35.3 Å². The van der Waals surface area contributed by atoms with Gasteiger partial charge >= 0.3 is 0 Å². The second-order valence-corrected chi connectivity index (χ2v) is 7.15. The fourth-order valence-electron chi connectivity index (χ4n) is 2.87. The lowest BCUT2D eigenvalue weighted by atomic mass is 10.2. The Morgan fingerprint density at radius 2 is 1.73 bits per heavy atom. The van der Waals surface area contributed by atoms with Gasteiger partial charge in [0.25, 0.3) is 5.91 Å². The fraction of sp³-hybridized carbons (Fsp3) is 0.350. The SMILES string of the molecule is O=C(COc1ccc(Cl)cc1)N(Cc1ccc(Cl)cc1)C[C@H]1CCCO1. The highest BCUT2D eigenvalue weighted by Crippen LogP contribution is 2.18. The number of hydrogen-bond acceptors (Lipinski definition) is 3. The van der Waals surface area contributed by atoms with Gasteiger partial charge in [-0.2, -0.15) is 0 Å². The lowest BCUT2D eigenvalue weighted by molar-refractivity contribution is -0.135. The first kappa shape index (κ1) is 19.0. The third-order valence-electron chi connectivity index (χ3n) is 4.26. The van der Waals surface area contributed by atoms with E-state index in [4.69, 9.17) is 32.7 Å². The Kier molecular flexibility index (Phi) is 6.78. The van der Waals surface area contributed by atoms with Crippen molar-refractivity contribution in [2.24, 2.45) is 0 Å². The Balaban J connectivity index is 1.63. The van der Waals surface area contributed by atoms with E-state index in [-0.39, 0.29) is 18.6 Å². The summed E-state index contributed by atoms with van der Waals surface area (Å²) in [6.45, 7) is 1.79. The summed E-state index contributed by atoms with van der Waals surface area (Å²) in [6, 6.07) is 14.5. The van der Waals surface area contributed by atoms with Crippen LogP contribution in [-0.2, 0) is 16.1 Å². The Bertz CT molecular complexity index is 713. The lowest BCUT2D eigenvalue weighted by Crippen LogP contribution is -2.39. The maximum absolute atomic E-state index is 12.7. The van der Waals surface area contributed by atoms with Gasteiger partial charge in [0.2, 0.25) is 0 Å². The highest BCUT2D eigenvalue weighted by Gasteiger charge is 2.23. The van der Waals surface area contributed by atoms with Crippen LogP contribution < -0.4 is 4.74 Å². The Hall–Kier alpha value is -1.75. The zero-order valence-electron chi connectivity index (χ0n) is 14.4. The Labute approximate surface area is 163 Å². The Morgan fingerprint density at radius 1 is 1.08 bits per heavy atom. The van der Waals surface area contributed by atoms with E-state index in [1.807, 2.05) is 24.3 Å². The largest absolute Gasteiger partial charge is 0.484 e. The first-order chi connectivity index (χ1) is 12.6. The molecule has 0 aliphatic carbocycles. The van der Waals surface area contributed by atoms with Crippen LogP contribution in [0, 0.1) is 0 Å². The van der Waals surface area contributed by atoms with Crippen molar-refractivity contribution < 1.29 is 14.3 Å². The number of halogens is 2. The summed E-state index contributed by atoms with van der Waals surface area (Å²) in [5, 5.41) is 1.31. The average molecular weight is 394 g/mol. The molecule has 2 aromatic rings. The predicted octanol–water partition coefficient (Wildman–Crippen LogP) is 4.58. The third-order valence-corrected chi connectivity index (χ3v) is 4.77. The van der Waals surface area contributed by atoms with Gasteiger partial charge in [-0.3, -0.25) is 4.79 Å². The van der Waals surface area contributed by atoms with E-state index in [9.17, 15) is 4.79 Å². The van der Waals surface area contributed by atoms with Crippen LogP contribution in [0.15, 0.2) is 48.5 Å². The molecule has 3 rings (SSSR count). The van der Waals surface area contributed by atoms with Crippen LogP contribution in [0.2, 0.25) is 10.0 Å². The minimum Gasteiger partial charge on any atom is -0.484 e. The highest BCUT2D eigenvalue weighted by molar-refractivity contribution is 6.30. The van der Waals surface area contributed by atoms with E-state index in [1.165, 1.54) is 0 Å². The Morgan fingerprint density at radius 3 is 2.35 bits per heavy atom. The molecule has 0 unspecified atom stereocenters. The number of ether oxygens (including phenoxy) is 2. The molecular formula is C20H21Cl2NO3. The smallest absolute Gasteiger partial charge is 0.260 e. The van der Waals surface area contributed by atoms with E-state index in [0.29, 0.717) is 28.9 Å². The molecular weight excluding hydrogens is 373 g/mol. The van der Waals surface area contributed by atoms with Gasteiger partial charge in [0.05, 0.1) is 6.10 Å². The molecule has 0 saturated carbocycles. The van der Waals surface area contributed by atoms with Crippen molar-refractivity contribution in [2.45, 2.75) is 25.5 Å². The van der Waals surface area contributed by atoms with Crippen LogP contribution in [0.4, 0.5) is 0 Å². The minimum absolute atomic E-state index is 0.0259. The van der Waals surface area contributed by atoms with Gasteiger partial charge in [-0.05, 0) is 54.8 Å². The van der Waals surface area contributed by atoms with E-state index >= 15 is 0 Å². The normalized spacial score (nSPS) is 16.5. The second-order valence-electron chi connectivity index (χ2n) is 6.28. The molecule has 1 aliphatic heterocycles. The summed E-state index contributed by atoms with van der Waals surface area (Å²) >= 11 is 11.8.